The summed E-state index contributed by atoms with van der Waals surface area (Å²) >= 11 is 6.66. The molecule has 0 aromatic carbocycles. The van der Waals surface area contributed by atoms with Crippen LogP contribution >= 0.6 is 24.0 Å². The molecule has 2 fully saturated rings. The number of thiocarbonyl (C=S) groups is 1. The first-order valence-electron chi connectivity index (χ1n) is 10.3. The van der Waals surface area contributed by atoms with Crippen molar-refractivity contribution in [2.45, 2.75) is 46.6 Å². The van der Waals surface area contributed by atoms with Gasteiger partial charge in [-0.1, -0.05) is 37.0 Å². The summed E-state index contributed by atoms with van der Waals surface area (Å²) in [5.74, 6) is 1.18. The molecule has 2 aliphatic rings. The lowest BCUT2D eigenvalue weighted by atomic mass is 9.99. The lowest BCUT2D eigenvalue weighted by Gasteiger charge is -2.32. The van der Waals surface area contributed by atoms with Crippen LogP contribution in [-0.4, -0.2) is 43.6 Å². The van der Waals surface area contributed by atoms with Gasteiger partial charge in [0.15, 0.2) is 0 Å². The van der Waals surface area contributed by atoms with Gasteiger partial charge in [-0.15, -0.1) is 0 Å². The van der Waals surface area contributed by atoms with Gasteiger partial charge >= 0.3 is 0 Å². The molecule has 0 spiro atoms. The molecule has 0 atom stereocenters. The Morgan fingerprint density at radius 2 is 1.97 bits per heavy atom. The van der Waals surface area contributed by atoms with Crippen LogP contribution in [0.25, 0.3) is 11.7 Å². The molecule has 0 bridgehead atoms. The van der Waals surface area contributed by atoms with Crippen LogP contribution in [0.4, 0.5) is 5.82 Å². The number of rotatable bonds is 3. The first-order chi connectivity index (χ1) is 14.3. The predicted octanol–water partition coefficient (Wildman–Crippen LogP) is 3.85. The number of amides is 1. The van der Waals surface area contributed by atoms with Crippen molar-refractivity contribution >= 4 is 51.7 Å². The zero-order valence-corrected chi connectivity index (χ0v) is 19.3. The molecule has 2 saturated heterocycles. The number of hydrogen-bond acceptors (Lipinski definition) is 6. The van der Waals surface area contributed by atoms with Crippen LogP contribution in [0.15, 0.2) is 28.0 Å². The van der Waals surface area contributed by atoms with E-state index in [0.717, 1.165) is 31.5 Å². The van der Waals surface area contributed by atoms with Crippen LogP contribution in [0, 0.1) is 12.8 Å². The molecule has 1 amide bonds. The highest BCUT2D eigenvalue weighted by Crippen LogP contribution is 2.35. The molecule has 0 aliphatic carbocycles. The summed E-state index contributed by atoms with van der Waals surface area (Å²) in [4.78, 5) is 35.6. The average molecular weight is 443 g/mol. The Morgan fingerprint density at radius 3 is 2.60 bits per heavy atom. The molecule has 2 aromatic rings. The second kappa shape index (κ2) is 8.15. The number of anilines is 1. The summed E-state index contributed by atoms with van der Waals surface area (Å²) in [6.07, 6.45) is 5.54. The number of hydrogen-bond donors (Lipinski definition) is 0. The van der Waals surface area contributed by atoms with Gasteiger partial charge in [0.05, 0.1) is 10.5 Å². The van der Waals surface area contributed by atoms with Crippen LogP contribution in [0.3, 0.4) is 0 Å². The summed E-state index contributed by atoms with van der Waals surface area (Å²) in [6, 6.07) is 3.78. The maximum atomic E-state index is 13.5. The molecule has 0 saturated carbocycles. The Morgan fingerprint density at radius 1 is 1.27 bits per heavy atom. The lowest BCUT2D eigenvalue weighted by Crippen LogP contribution is -2.36. The highest BCUT2D eigenvalue weighted by Gasteiger charge is 2.34. The summed E-state index contributed by atoms with van der Waals surface area (Å²) in [7, 11) is 0. The molecular weight excluding hydrogens is 416 g/mol. The van der Waals surface area contributed by atoms with E-state index in [1.54, 1.807) is 21.6 Å². The van der Waals surface area contributed by atoms with Crippen molar-refractivity contribution in [3.05, 3.63) is 44.7 Å². The Labute approximate surface area is 186 Å². The molecule has 30 heavy (non-hydrogen) atoms. The zero-order valence-electron chi connectivity index (χ0n) is 17.7. The zero-order chi connectivity index (χ0) is 21.6. The van der Waals surface area contributed by atoms with Gasteiger partial charge < -0.3 is 4.90 Å². The minimum absolute atomic E-state index is 0.0232. The van der Waals surface area contributed by atoms with Gasteiger partial charge in [-0.05, 0) is 57.2 Å². The first kappa shape index (κ1) is 21.1. The molecule has 158 valence electrons. The third kappa shape index (κ3) is 3.67. The van der Waals surface area contributed by atoms with Gasteiger partial charge in [-0.2, -0.15) is 0 Å². The maximum Gasteiger partial charge on any atom is 0.267 e. The van der Waals surface area contributed by atoms with E-state index in [-0.39, 0.29) is 17.5 Å². The number of carbonyl (C=O) groups is 1. The highest BCUT2D eigenvalue weighted by molar-refractivity contribution is 8.26. The van der Waals surface area contributed by atoms with Crippen molar-refractivity contribution in [2.24, 2.45) is 5.92 Å². The molecule has 4 heterocycles. The summed E-state index contributed by atoms with van der Waals surface area (Å²) in [5, 5.41) is 0. The number of nitrogens with zero attached hydrogens (tertiary/aromatic N) is 4. The average Bonchev–Trinajstić information content (AvgIpc) is 2.98. The molecule has 0 unspecified atom stereocenters. The van der Waals surface area contributed by atoms with Gasteiger partial charge in [-0.3, -0.25) is 18.9 Å². The Kier molecular flexibility index (Phi) is 5.72. The molecule has 2 aromatic heterocycles. The van der Waals surface area contributed by atoms with E-state index in [0.29, 0.717) is 32.2 Å². The van der Waals surface area contributed by atoms with E-state index in [4.69, 9.17) is 17.2 Å². The second-order valence-corrected chi connectivity index (χ2v) is 10.0. The number of piperidine rings is 1. The number of thioether (sulfide) groups is 1. The minimum Gasteiger partial charge on any atom is -0.356 e. The summed E-state index contributed by atoms with van der Waals surface area (Å²) in [5.41, 5.74) is 1.89. The lowest BCUT2D eigenvalue weighted by molar-refractivity contribution is -0.123. The van der Waals surface area contributed by atoms with Gasteiger partial charge in [0.25, 0.3) is 11.5 Å². The van der Waals surface area contributed by atoms with Crippen molar-refractivity contribution in [1.82, 2.24) is 14.3 Å². The van der Waals surface area contributed by atoms with Gasteiger partial charge in [-0.25, -0.2) is 4.98 Å². The second-order valence-electron chi connectivity index (χ2n) is 8.35. The van der Waals surface area contributed by atoms with Crippen LogP contribution in [0.2, 0.25) is 0 Å². The minimum atomic E-state index is -0.160. The summed E-state index contributed by atoms with van der Waals surface area (Å²) in [6.45, 7) is 9.78. The molecule has 4 rings (SSSR count). The van der Waals surface area contributed by atoms with Crippen molar-refractivity contribution in [2.75, 3.05) is 18.0 Å². The number of fused-ring (bicyclic) bond motifs is 1. The predicted molar refractivity (Wildman–Crippen MR) is 127 cm³/mol. The SMILES string of the molecule is Cc1cccn2c(=O)c(/C=C3/SC(=S)N(C(C)C)C3=O)c(N3CCC(C)CC3)nc12. The normalized spacial score (nSPS) is 19.7. The maximum absolute atomic E-state index is 13.5. The molecule has 6 nitrogen and oxygen atoms in total. The molecule has 0 N–H and O–H groups in total. The first-order valence-corrected chi connectivity index (χ1v) is 11.5. The van der Waals surface area contributed by atoms with Crippen molar-refractivity contribution in [3.8, 4) is 0 Å². The number of aryl methyl sites for hydroxylation is 1. The Hall–Kier alpha value is -2.19. The third-order valence-corrected chi connectivity index (χ3v) is 7.09. The van der Waals surface area contributed by atoms with E-state index >= 15 is 0 Å². The number of carbonyl (C=O) groups excluding carboxylic acids is 1. The van der Waals surface area contributed by atoms with Crippen LogP contribution in [0.1, 0.15) is 44.7 Å². The smallest absolute Gasteiger partial charge is 0.267 e. The molecule has 0 radical (unpaired) electrons. The van der Waals surface area contributed by atoms with E-state index in [1.807, 2.05) is 32.9 Å². The van der Waals surface area contributed by atoms with Gasteiger partial charge in [0, 0.05) is 25.3 Å². The van der Waals surface area contributed by atoms with Gasteiger partial charge in [0.2, 0.25) is 0 Å². The van der Waals surface area contributed by atoms with Gasteiger partial charge in [0.1, 0.15) is 15.8 Å². The monoisotopic (exact) mass is 442 g/mol. The number of aromatic nitrogens is 2. The van der Waals surface area contributed by atoms with E-state index in [9.17, 15) is 9.59 Å². The fraction of sp³-hybridized carbons (Fsp3) is 0.455. The standard InChI is InChI=1S/C22H26N4O2S2/c1-13(2)26-21(28)17(30-22(26)29)12-16-19(24-10-7-14(3)8-11-24)23-18-15(4)6-5-9-25(18)20(16)27/h5-6,9,12-14H,7-8,10-11H2,1-4H3/b17-12+. The van der Waals surface area contributed by atoms with Crippen LogP contribution < -0.4 is 10.5 Å². The largest absolute Gasteiger partial charge is 0.356 e. The Bertz CT molecular complexity index is 1110. The molecular formula is C22H26N4O2S2. The summed E-state index contributed by atoms with van der Waals surface area (Å²) < 4.78 is 2.10. The van der Waals surface area contributed by atoms with Crippen molar-refractivity contribution in [3.63, 3.8) is 0 Å². The van der Waals surface area contributed by atoms with E-state index < -0.39 is 0 Å². The van der Waals surface area contributed by atoms with Crippen molar-refractivity contribution in [1.29, 1.82) is 0 Å². The fourth-order valence-electron chi connectivity index (χ4n) is 3.94. The topological polar surface area (TPSA) is 57.9 Å². The van der Waals surface area contributed by atoms with E-state index in [2.05, 4.69) is 11.8 Å². The molecule has 2 aliphatic heterocycles. The van der Waals surface area contributed by atoms with Crippen molar-refractivity contribution < 1.29 is 4.79 Å². The highest BCUT2D eigenvalue weighted by atomic mass is 32.2. The van der Waals surface area contributed by atoms with Crippen LogP contribution in [0.5, 0.6) is 0 Å². The third-order valence-electron chi connectivity index (χ3n) is 5.76. The fourth-order valence-corrected chi connectivity index (χ4v) is 5.45. The Balaban J connectivity index is 1.89. The van der Waals surface area contributed by atoms with E-state index in [1.165, 1.54) is 11.8 Å². The van der Waals surface area contributed by atoms with Crippen LogP contribution in [-0.2, 0) is 4.79 Å². The molecule has 8 heteroatoms. The quantitative estimate of drug-likeness (QED) is 0.532. The number of pyridine rings is 1.